The molecule has 0 aliphatic rings. The number of ether oxygens (including phenoxy) is 1. The Morgan fingerprint density at radius 2 is 2.06 bits per heavy atom. The molecule has 0 aliphatic heterocycles. The van der Waals surface area contributed by atoms with Crippen molar-refractivity contribution in [3.63, 3.8) is 0 Å². The van der Waals surface area contributed by atoms with Crippen molar-refractivity contribution in [1.82, 2.24) is 5.32 Å². The van der Waals surface area contributed by atoms with E-state index in [0.29, 0.717) is 19.6 Å². The van der Waals surface area contributed by atoms with Gasteiger partial charge in [-0.15, -0.1) is 0 Å². The third kappa shape index (κ3) is 4.44. The summed E-state index contributed by atoms with van der Waals surface area (Å²) in [6.45, 7) is 4.93. The van der Waals surface area contributed by atoms with Crippen molar-refractivity contribution in [3.05, 3.63) is 29.8 Å². The summed E-state index contributed by atoms with van der Waals surface area (Å²) in [5.74, 6) is 0.825. The van der Waals surface area contributed by atoms with E-state index in [1.54, 1.807) is 0 Å². The highest BCUT2D eigenvalue weighted by Gasteiger charge is 2.08. The van der Waals surface area contributed by atoms with Crippen molar-refractivity contribution < 1.29 is 9.53 Å². The van der Waals surface area contributed by atoms with E-state index in [1.807, 2.05) is 38.1 Å². The largest absolute Gasteiger partial charge is 0.494 e. The van der Waals surface area contributed by atoms with Crippen LogP contribution in [-0.2, 0) is 4.79 Å². The molecule has 0 heterocycles. The lowest BCUT2D eigenvalue weighted by molar-refractivity contribution is -0.121. The van der Waals surface area contributed by atoms with Gasteiger partial charge in [-0.25, -0.2) is 0 Å². The standard InChI is InChI=1S/C13H20N2O2/c1-3-17-12-6-4-11(5-7-12)10(2)15-13(16)8-9-14/h4-7,10H,3,8-9,14H2,1-2H3,(H,15,16). The zero-order valence-electron chi connectivity index (χ0n) is 10.4. The van der Waals surface area contributed by atoms with Crippen LogP contribution >= 0.6 is 0 Å². The molecule has 0 fully saturated rings. The number of hydrogen-bond donors (Lipinski definition) is 2. The number of nitrogens with one attached hydrogen (secondary N) is 1. The molecule has 0 aromatic heterocycles. The quantitative estimate of drug-likeness (QED) is 0.788. The molecule has 0 radical (unpaired) electrons. The lowest BCUT2D eigenvalue weighted by atomic mass is 10.1. The third-order valence-electron chi connectivity index (χ3n) is 2.44. The second kappa shape index (κ2) is 6.91. The maximum absolute atomic E-state index is 11.4. The van der Waals surface area contributed by atoms with E-state index in [4.69, 9.17) is 10.5 Å². The number of amides is 1. The van der Waals surface area contributed by atoms with Gasteiger partial charge in [-0.3, -0.25) is 4.79 Å². The molecule has 1 aromatic rings. The molecular weight excluding hydrogens is 216 g/mol. The lowest BCUT2D eigenvalue weighted by Crippen LogP contribution is -2.28. The van der Waals surface area contributed by atoms with Gasteiger partial charge in [0.05, 0.1) is 12.6 Å². The lowest BCUT2D eigenvalue weighted by Gasteiger charge is -2.14. The van der Waals surface area contributed by atoms with Gasteiger partial charge in [-0.05, 0) is 31.5 Å². The van der Waals surface area contributed by atoms with Crippen LogP contribution in [0, 0.1) is 0 Å². The zero-order valence-corrected chi connectivity index (χ0v) is 10.4. The molecule has 17 heavy (non-hydrogen) atoms. The van der Waals surface area contributed by atoms with E-state index < -0.39 is 0 Å². The fourth-order valence-corrected chi connectivity index (χ4v) is 1.55. The van der Waals surface area contributed by atoms with Crippen molar-refractivity contribution in [3.8, 4) is 5.75 Å². The van der Waals surface area contributed by atoms with Gasteiger partial charge >= 0.3 is 0 Å². The topological polar surface area (TPSA) is 64.3 Å². The van der Waals surface area contributed by atoms with Crippen LogP contribution < -0.4 is 15.8 Å². The number of carbonyl (C=O) groups excluding carboxylic acids is 1. The van der Waals surface area contributed by atoms with Crippen molar-refractivity contribution in [2.75, 3.05) is 13.2 Å². The van der Waals surface area contributed by atoms with Crippen molar-refractivity contribution in [2.24, 2.45) is 5.73 Å². The Hall–Kier alpha value is -1.55. The van der Waals surface area contributed by atoms with Crippen LogP contribution in [0.15, 0.2) is 24.3 Å². The summed E-state index contributed by atoms with van der Waals surface area (Å²) in [5, 5.41) is 2.89. The number of hydrogen-bond acceptors (Lipinski definition) is 3. The first-order valence-corrected chi connectivity index (χ1v) is 5.89. The molecule has 3 N–H and O–H groups in total. The van der Waals surface area contributed by atoms with Gasteiger partial charge < -0.3 is 15.8 Å². The van der Waals surface area contributed by atoms with Crippen LogP contribution in [0.1, 0.15) is 31.9 Å². The summed E-state index contributed by atoms with van der Waals surface area (Å²) < 4.78 is 5.36. The Labute approximate surface area is 102 Å². The number of carbonyl (C=O) groups is 1. The number of nitrogens with two attached hydrogens (primary N) is 1. The van der Waals surface area contributed by atoms with Crippen LogP contribution in [0.2, 0.25) is 0 Å². The summed E-state index contributed by atoms with van der Waals surface area (Å²) in [6.07, 6.45) is 0.362. The first-order chi connectivity index (χ1) is 8.17. The van der Waals surface area contributed by atoms with Gasteiger partial charge in [0.25, 0.3) is 0 Å². The predicted octanol–water partition coefficient (Wildman–Crippen LogP) is 1.61. The van der Waals surface area contributed by atoms with Crippen molar-refractivity contribution >= 4 is 5.91 Å². The van der Waals surface area contributed by atoms with Crippen LogP contribution in [0.25, 0.3) is 0 Å². The summed E-state index contributed by atoms with van der Waals surface area (Å²) >= 11 is 0. The first-order valence-electron chi connectivity index (χ1n) is 5.89. The van der Waals surface area contributed by atoms with Crippen molar-refractivity contribution in [2.45, 2.75) is 26.3 Å². The molecule has 0 saturated carbocycles. The van der Waals surface area contributed by atoms with E-state index in [0.717, 1.165) is 11.3 Å². The van der Waals surface area contributed by atoms with E-state index in [2.05, 4.69) is 5.32 Å². The third-order valence-corrected chi connectivity index (χ3v) is 2.44. The summed E-state index contributed by atoms with van der Waals surface area (Å²) in [4.78, 5) is 11.4. The summed E-state index contributed by atoms with van der Waals surface area (Å²) in [5.41, 5.74) is 6.37. The first kappa shape index (κ1) is 13.5. The van der Waals surface area contributed by atoms with Crippen LogP contribution in [-0.4, -0.2) is 19.1 Å². The predicted molar refractivity (Wildman–Crippen MR) is 67.8 cm³/mol. The Morgan fingerprint density at radius 1 is 1.41 bits per heavy atom. The fourth-order valence-electron chi connectivity index (χ4n) is 1.55. The highest BCUT2D eigenvalue weighted by molar-refractivity contribution is 5.76. The molecule has 1 atom stereocenters. The number of rotatable bonds is 6. The minimum absolute atomic E-state index is 0.00951. The monoisotopic (exact) mass is 236 g/mol. The van der Waals surface area contributed by atoms with E-state index in [1.165, 1.54) is 0 Å². The van der Waals surface area contributed by atoms with Crippen LogP contribution in [0.5, 0.6) is 5.75 Å². The maximum Gasteiger partial charge on any atom is 0.221 e. The van der Waals surface area contributed by atoms with Gasteiger partial charge in [-0.1, -0.05) is 12.1 Å². The molecule has 1 unspecified atom stereocenters. The minimum atomic E-state index is -0.0196. The van der Waals surface area contributed by atoms with Crippen LogP contribution in [0.4, 0.5) is 0 Å². The van der Waals surface area contributed by atoms with E-state index in [9.17, 15) is 4.79 Å². The average Bonchev–Trinajstić information content (AvgIpc) is 2.30. The molecule has 94 valence electrons. The van der Waals surface area contributed by atoms with Gasteiger partial charge in [0.1, 0.15) is 5.75 Å². The molecule has 0 saturated heterocycles. The highest BCUT2D eigenvalue weighted by atomic mass is 16.5. The van der Waals surface area contributed by atoms with E-state index >= 15 is 0 Å². The maximum atomic E-state index is 11.4. The second-order valence-corrected chi connectivity index (χ2v) is 3.83. The van der Waals surface area contributed by atoms with Gasteiger partial charge in [0, 0.05) is 13.0 Å². The zero-order chi connectivity index (χ0) is 12.7. The normalized spacial score (nSPS) is 11.9. The molecular formula is C13H20N2O2. The second-order valence-electron chi connectivity index (χ2n) is 3.83. The van der Waals surface area contributed by atoms with Crippen LogP contribution in [0.3, 0.4) is 0 Å². The summed E-state index contributed by atoms with van der Waals surface area (Å²) in [7, 11) is 0. The molecule has 0 bridgehead atoms. The summed E-state index contributed by atoms with van der Waals surface area (Å²) in [6, 6.07) is 7.72. The molecule has 1 aromatic carbocycles. The molecule has 0 aliphatic carbocycles. The van der Waals surface area contributed by atoms with E-state index in [-0.39, 0.29) is 11.9 Å². The SMILES string of the molecule is CCOc1ccc(C(C)NC(=O)CCN)cc1. The Kier molecular flexibility index (Phi) is 5.49. The highest BCUT2D eigenvalue weighted by Crippen LogP contribution is 2.17. The molecule has 1 rings (SSSR count). The number of benzene rings is 1. The molecule has 0 spiro atoms. The van der Waals surface area contributed by atoms with Crippen molar-refractivity contribution in [1.29, 1.82) is 0 Å². The molecule has 4 heteroatoms. The Morgan fingerprint density at radius 3 is 2.59 bits per heavy atom. The van der Waals surface area contributed by atoms with Gasteiger partial charge in [0.15, 0.2) is 0 Å². The minimum Gasteiger partial charge on any atom is -0.494 e. The van der Waals surface area contributed by atoms with Gasteiger partial charge in [-0.2, -0.15) is 0 Å². The average molecular weight is 236 g/mol. The Bertz CT molecular complexity index is 349. The molecule has 4 nitrogen and oxygen atoms in total. The fraction of sp³-hybridized carbons (Fsp3) is 0.462. The van der Waals surface area contributed by atoms with Gasteiger partial charge in [0.2, 0.25) is 5.91 Å². The smallest absolute Gasteiger partial charge is 0.221 e. The Balaban J connectivity index is 2.56. The molecule has 1 amide bonds.